The Hall–Kier alpha value is -1.70. The van der Waals surface area contributed by atoms with E-state index in [0.29, 0.717) is 23.8 Å². The fourth-order valence-electron chi connectivity index (χ4n) is 10.6. The summed E-state index contributed by atoms with van der Waals surface area (Å²) in [6.45, 7) is 13.1. The molecule has 5 fully saturated rings. The second-order valence-corrected chi connectivity index (χ2v) is 14.3. The second kappa shape index (κ2) is 7.08. The summed E-state index contributed by atoms with van der Waals surface area (Å²) < 4.78 is 18.5. The Morgan fingerprint density at radius 3 is 2.41 bits per heavy atom. The van der Waals surface area contributed by atoms with Gasteiger partial charge in [0.1, 0.15) is 16.8 Å². The zero-order valence-electron chi connectivity index (χ0n) is 22.9. The minimum atomic E-state index is -0.925. The lowest BCUT2D eigenvalue weighted by Crippen LogP contribution is -2.58. The number of ether oxygens (including phenoxy) is 3. The summed E-state index contributed by atoms with van der Waals surface area (Å²) in [4.78, 5) is 37.5. The molecule has 0 aromatic rings. The smallest absolute Gasteiger partial charge is 0.336 e. The van der Waals surface area contributed by atoms with Gasteiger partial charge >= 0.3 is 11.9 Å². The fraction of sp³-hybridized carbons (Fsp3) is 0.800. The molecule has 2 bridgehead atoms. The number of hydrogen-bond donors (Lipinski definition) is 0. The predicted molar refractivity (Wildman–Crippen MR) is 133 cm³/mol. The van der Waals surface area contributed by atoms with E-state index in [1.807, 2.05) is 32.9 Å². The van der Waals surface area contributed by atoms with E-state index >= 15 is 0 Å². The van der Waals surface area contributed by atoms with Crippen molar-refractivity contribution in [1.82, 2.24) is 0 Å². The molecule has 4 heterocycles. The molecule has 3 spiro atoms. The molecule has 0 N–H and O–H groups in total. The van der Waals surface area contributed by atoms with Crippen LogP contribution in [-0.2, 0) is 33.6 Å². The van der Waals surface area contributed by atoms with Crippen molar-refractivity contribution in [3.63, 3.8) is 0 Å². The highest BCUT2D eigenvalue weighted by molar-refractivity contribution is 5.90. The predicted octanol–water partition coefficient (Wildman–Crippen LogP) is 5.18. The molecule has 0 aromatic heterocycles. The van der Waals surface area contributed by atoms with Crippen molar-refractivity contribution in [2.24, 2.45) is 34.5 Å². The van der Waals surface area contributed by atoms with Crippen LogP contribution in [0.3, 0.4) is 0 Å². The van der Waals surface area contributed by atoms with Gasteiger partial charge in [0, 0.05) is 30.4 Å². The van der Waals surface area contributed by atoms with Gasteiger partial charge in [-0.1, -0.05) is 20.8 Å². The van der Waals surface area contributed by atoms with Crippen LogP contribution in [0.5, 0.6) is 0 Å². The maximum atomic E-state index is 12.4. The van der Waals surface area contributed by atoms with Gasteiger partial charge in [-0.15, -0.1) is 0 Å². The molecular formula is C30H40O7. The van der Waals surface area contributed by atoms with Crippen LogP contribution in [0.25, 0.3) is 0 Å². The first-order valence-electron chi connectivity index (χ1n) is 14.2. The number of carbonyl (C=O) groups excluding carboxylic acids is 2. The van der Waals surface area contributed by atoms with E-state index in [1.165, 1.54) is 6.08 Å². The minimum Gasteiger partial charge on any atom is -0.456 e. The normalized spacial score (nSPS) is 55.3. The highest BCUT2D eigenvalue weighted by Crippen LogP contribution is 2.75. The van der Waals surface area contributed by atoms with Gasteiger partial charge in [0.25, 0.3) is 0 Å². The lowest BCUT2D eigenvalue weighted by Gasteiger charge is -2.59. The molecule has 202 valence electrons. The molecule has 2 saturated heterocycles. The van der Waals surface area contributed by atoms with Gasteiger partial charge in [-0.2, -0.15) is 0 Å². The third-order valence-electron chi connectivity index (χ3n) is 12.1. The number of carbonyl (C=O) groups is 2. The maximum Gasteiger partial charge on any atom is 0.336 e. The van der Waals surface area contributed by atoms with Crippen LogP contribution in [0.1, 0.15) is 86.5 Å². The molecule has 7 rings (SSSR count). The summed E-state index contributed by atoms with van der Waals surface area (Å²) in [7, 11) is 0. The number of esters is 2. The van der Waals surface area contributed by atoms with Gasteiger partial charge < -0.3 is 14.2 Å². The van der Waals surface area contributed by atoms with Gasteiger partial charge in [0.05, 0.1) is 6.10 Å². The van der Waals surface area contributed by atoms with E-state index in [1.54, 1.807) is 0 Å². The Kier molecular flexibility index (Phi) is 4.66. The van der Waals surface area contributed by atoms with Crippen LogP contribution in [-0.4, -0.2) is 40.6 Å². The van der Waals surface area contributed by atoms with Crippen LogP contribution in [0, 0.1) is 34.5 Å². The summed E-state index contributed by atoms with van der Waals surface area (Å²) in [6.07, 6.45) is 11.6. The topological polar surface area (TPSA) is 80.3 Å². The monoisotopic (exact) mass is 512 g/mol. The molecule has 3 saturated carbocycles. The zero-order valence-corrected chi connectivity index (χ0v) is 22.9. The van der Waals surface area contributed by atoms with Crippen LogP contribution < -0.4 is 0 Å². The van der Waals surface area contributed by atoms with Crippen LogP contribution in [0.2, 0.25) is 0 Å². The van der Waals surface area contributed by atoms with E-state index in [9.17, 15) is 9.59 Å². The Labute approximate surface area is 219 Å². The first kappa shape index (κ1) is 24.3. The van der Waals surface area contributed by atoms with Crippen molar-refractivity contribution >= 4 is 11.9 Å². The van der Waals surface area contributed by atoms with Crippen molar-refractivity contribution in [3.8, 4) is 0 Å². The number of hydrogen-bond acceptors (Lipinski definition) is 7. The van der Waals surface area contributed by atoms with Crippen LogP contribution in [0.4, 0.5) is 0 Å². The van der Waals surface area contributed by atoms with E-state index in [-0.39, 0.29) is 40.7 Å². The van der Waals surface area contributed by atoms with Gasteiger partial charge in [0.15, 0.2) is 0 Å². The number of cyclic esters (lactones) is 1. The average molecular weight is 513 g/mol. The molecule has 37 heavy (non-hydrogen) atoms. The summed E-state index contributed by atoms with van der Waals surface area (Å²) in [5.41, 5.74) is -1.05. The van der Waals surface area contributed by atoms with E-state index in [4.69, 9.17) is 24.0 Å². The largest absolute Gasteiger partial charge is 0.456 e. The lowest BCUT2D eigenvalue weighted by atomic mass is 9.46. The summed E-state index contributed by atoms with van der Waals surface area (Å²) in [6, 6.07) is 0. The molecule has 10 atom stereocenters. The second-order valence-electron chi connectivity index (χ2n) is 14.3. The molecule has 0 amide bonds. The molecule has 0 radical (unpaired) electrons. The van der Waals surface area contributed by atoms with E-state index in [0.717, 1.165) is 38.5 Å². The molecule has 0 aromatic carbocycles. The van der Waals surface area contributed by atoms with Crippen molar-refractivity contribution in [1.29, 1.82) is 0 Å². The van der Waals surface area contributed by atoms with E-state index in [2.05, 4.69) is 20.8 Å². The van der Waals surface area contributed by atoms with Crippen molar-refractivity contribution < 1.29 is 33.6 Å². The van der Waals surface area contributed by atoms with Gasteiger partial charge in [0.2, 0.25) is 5.79 Å². The molecule has 7 aliphatic rings. The Morgan fingerprint density at radius 1 is 0.919 bits per heavy atom. The highest BCUT2D eigenvalue weighted by Gasteiger charge is 2.75. The minimum absolute atomic E-state index is 0.00988. The lowest BCUT2D eigenvalue weighted by molar-refractivity contribution is -0.384. The summed E-state index contributed by atoms with van der Waals surface area (Å²) in [5.74, 6) is -0.463. The molecular weight excluding hydrogens is 472 g/mol. The molecule has 7 nitrogen and oxygen atoms in total. The fourth-order valence-corrected chi connectivity index (χ4v) is 10.6. The summed E-state index contributed by atoms with van der Waals surface area (Å²) in [5, 5.41) is 0. The molecule has 7 heteroatoms. The van der Waals surface area contributed by atoms with Crippen molar-refractivity contribution in [2.45, 2.75) is 115 Å². The zero-order chi connectivity index (χ0) is 26.2. The molecule has 3 aliphatic carbocycles. The Morgan fingerprint density at radius 2 is 1.68 bits per heavy atom. The Balaban J connectivity index is 1.27. The van der Waals surface area contributed by atoms with Gasteiger partial charge in [-0.25, -0.2) is 19.4 Å². The third-order valence-corrected chi connectivity index (χ3v) is 12.1. The maximum absolute atomic E-state index is 12.4. The van der Waals surface area contributed by atoms with Crippen LogP contribution in [0.15, 0.2) is 23.8 Å². The van der Waals surface area contributed by atoms with Crippen molar-refractivity contribution in [2.75, 3.05) is 0 Å². The van der Waals surface area contributed by atoms with Gasteiger partial charge in [-0.05, 0) is 93.6 Å². The van der Waals surface area contributed by atoms with Crippen LogP contribution >= 0.6 is 0 Å². The quantitative estimate of drug-likeness (QED) is 0.327. The molecule has 10 unspecified atom stereocenters. The first-order chi connectivity index (χ1) is 17.3. The Bertz CT molecular complexity index is 1140. The summed E-state index contributed by atoms with van der Waals surface area (Å²) >= 11 is 0. The SMILES string of the molecule is CC1=CC2(CC(C)C3C(CC4(C)C5CCC6C(C)(C)OC(=O)C=CC67CC5(CCC34C)OO7)O2)OC1=O. The number of rotatable bonds is 0. The standard InChI is InChI=1S/C30H40O7/c1-17-13-30(14-18(2)24(32)35-30)33-19-15-27(6)21-8-7-20-25(3,4)34-22(31)9-10-28(20)16-29(21,37-36-28)12-11-26(27,5)23(17)19/h9-10,14,17,19-21,23H,7-8,11-13,15-16H2,1-6H3. The van der Waals surface area contributed by atoms with Crippen molar-refractivity contribution in [3.05, 3.63) is 23.8 Å². The average Bonchev–Trinajstić information content (AvgIpc) is 3.28. The highest BCUT2D eigenvalue weighted by atomic mass is 17.2. The first-order valence-corrected chi connectivity index (χ1v) is 14.2. The van der Waals surface area contributed by atoms with E-state index < -0.39 is 22.6 Å². The molecule has 4 aliphatic heterocycles. The van der Waals surface area contributed by atoms with Gasteiger partial charge in [-0.3, -0.25) is 0 Å². The number of fused-ring (bicyclic) bond motifs is 4. The third kappa shape index (κ3) is 2.94.